The summed E-state index contributed by atoms with van der Waals surface area (Å²) in [6.45, 7) is 4.19. The summed E-state index contributed by atoms with van der Waals surface area (Å²) in [5, 5.41) is 4.16. The highest BCUT2D eigenvalue weighted by Gasteiger charge is 2.02. The van der Waals surface area contributed by atoms with Crippen LogP contribution >= 0.6 is 8.51 Å². The maximum Gasteiger partial charge on any atom is 0.158 e. The molecule has 9 heavy (non-hydrogen) atoms. The van der Waals surface area contributed by atoms with Crippen LogP contribution in [-0.4, -0.2) is 14.3 Å². The summed E-state index contributed by atoms with van der Waals surface area (Å²) in [7, 11) is 2.87. The van der Waals surface area contributed by atoms with Crippen molar-refractivity contribution in [2.75, 3.05) is 0 Å². The van der Waals surface area contributed by atoms with Crippen LogP contribution in [0.2, 0.25) is 0 Å². The largest absolute Gasteiger partial charge is 0.232 e. The van der Waals surface area contributed by atoms with E-state index in [2.05, 4.69) is 23.7 Å². The Bertz CT molecular complexity index is 194. The van der Waals surface area contributed by atoms with Gasteiger partial charge in [0.15, 0.2) is 14.3 Å². The van der Waals surface area contributed by atoms with Crippen molar-refractivity contribution in [1.29, 1.82) is 0 Å². The fraction of sp³-hybridized carbons (Fsp3) is 0.800. The van der Waals surface area contributed by atoms with E-state index in [1.165, 1.54) is 0 Å². The summed E-state index contributed by atoms with van der Waals surface area (Å²) in [5.41, 5.74) is 0. The van der Waals surface area contributed by atoms with Gasteiger partial charge >= 0.3 is 0 Å². The van der Waals surface area contributed by atoms with Crippen molar-refractivity contribution >= 4 is 8.51 Å². The lowest BCUT2D eigenvalue weighted by molar-refractivity contribution is 0.727. The summed E-state index contributed by atoms with van der Waals surface area (Å²) in [6.07, 6.45) is 0. The Morgan fingerprint density at radius 1 is 1.56 bits per heavy atom. The molecule has 1 aromatic rings. The van der Waals surface area contributed by atoms with E-state index in [-0.39, 0.29) is 0 Å². The molecule has 0 unspecified atom stereocenters. The third kappa shape index (κ3) is 1.49. The molecule has 0 N–H and O–H groups in total. The fourth-order valence-corrected chi connectivity index (χ4v) is 1.15. The summed E-state index contributed by atoms with van der Waals surface area (Å²) < 4.78 is 5.98. The van der Waals surface area contributed by atoms with Crippen LogP contribution in [0.5, 0.6) is 0 Å². The van der Waals surface area contributed by atoms with Crippen molar-refractivity contribution in [2.45, 2.75) is 19.8 Å². The topological polar surface area (TPSA) is 30.7 Å². The molecule has 1 aromatic heterocycles. The van der Waals surface area contributed by atoms with Gasteiger partial charge < -0.3 is 0 Å². The van der Waals surface area contributed by atoms with Crippen LogP contribution in [0.1, 0.15) is 25.6 Å². The predicted molar refractivity (Wildman–Crippen MR) is 37.6 cm³/mol. The normalized spacial score (nSPS) is 11.6. The molecular formula is C5H10N3P. The highest BCUT2D eigenvalue weighted by molar-refractivity contribution is 7.20. The molecule has 0 amide bonds. The molecule has 0 radical (unpaired) electrons. The van der Waals surface area contributed by atoms with Gasteiger partial charge in [-0.15, -0.1) is 0 Å². The van der Waals surface area contributed by atoms with Gasteiger partial charge in [-0.25, -0.2) is 4.44 Å². The van der Waals surface area contributed by atoms with E-state index in [4.69, 9.17) is 0 Å². The van der Waals surface area contributed by atoms with Gasteiger partial charge in [-0.1, -0.05) is 13.8 Å². The Kier molecular flexibility index (Phi) is 1.81. The van der Waals surface area contributed by atoms with Crippen LogP contribution in [-0.2, 0) is 7.05 Å². The van der Waals surface area contributed by atoms with Gasteiger partial charge in [0.1, 0.15) is 0 Å². The third-order valence-corrected chi connectivity index (χ3v) is 1.68. The lowest BCUT2D eigenvalue weighted by atomic mass is 10.2. The van der Waals surface area contributed by atoms with E-state index < -0.39 is 0 Å². The second kappa shape index (κ2) is 2.44. The summed E-state index contributed by atoms with van der Waals surface area (Å²) >= 11 is 0. The van der Waals surface area contributed by atoms with Gasteiger partial charge in [-0.3, -0.25) is 0 Å². The molecule has 3 nitrogen and oxygen atoms in total. The van der Waals surface area contributed by atoms with Crippen molar-refractivity contribution in [3.63, 3.8) is 0 Å². The molecule has 0 spiro atoms. The average molecular weight is 143 g/mol. The standard InChI is InChI=1S/C5H10N3P/c1-4(2)5-6-8(3)9-7-5/h4H,1-3H3. The van der Waals surface area contributed by atoms with Gasteiger partial charge in [0.05, 0.1) is 0 Å². The molecule has 0 aromatic carbocycles. The Balaban J connectivity index is 2.85. The first-order valence-electron chi connectivity index (χ1n) is 2.94. The zero-order valence-electron chi connectivity index (χ0n) is 5.87. The van der Waals surface area contributed by atoms with E-state index in [1.807, 2.05) is 11.5 Å². The molecule has 0 atom stereocenters. The number of rotatable bonds is 1. The van der Waals surface area contributed by atoms with E-state index in [1.54, 1.807) is 0 Å². The zero-order chi connectivity index (χ0) is 6.85. The maximum atomic E-state index is 4.16. The van der Waals surface area contributed by atoms with Gasteiger partial charge in [-0.05, 0) is 0 Å². The van der Waals surface area contributed by atoms with Crippen LogP contribution in [0.25, 0.3) is 0 Å². The molecular weight excluding hydrogens is 133 g/mol. The van der Waals surface area contributed by atoms with Crippen molar-refractivity contribution in [3.8, 4) is 0 Å². The highest BCUT2D eigenvalue weighted by atomic mass is 31.1. The van der Waals surface area contributed by atoms with Crippen molar-refractivity contribution in [2.24, 2.45) is 7.05 Å². The number of hydrogen-bond acceptors (Lipinski definition) is 2. The third-order valence-electron chi connectivity index (χ3n) is 1.04. The number of hydrogen-bond donors (Lipinski definition) is 0. The first kappa shape index (κ1) is 6.69. The molecule has 0 bridgehead atoms. The van der Waals surface area contributed by atoms with Gasteiger partial charge in [-0.2, -0.15) is 9.85 Å². The number of nitrogens with zero attached hydrogens (tertiary/aromatic N) is 3. The maximum absolute atomic E-state index is 4.16. The predicted octanol–water partition coefficient (Wildman–Crippen LogP) is 1.52. The van der Waals surface area contributed by atoms with E-state index in [9.17, 15) is 0 Å². The van der Waals surface area contributed by atoms with E-state index >= 15 is 0 Å². The monoisotopic (exact) mass is 143 g/mol. The molecule has 0 aliphatic carbocycles. The Hall–Kier alpha value is -0.430. The van der Waals surface area contributed by atoms with Crippen LogP contribution in [0, 0.1) is 0 Å². The van der Waals surface area contributed by atoms with Crippen LogP contribution in [0.3, 0.4) is 0 Å². The minimum absolute atomic E-state index is 0.461. The fourth-order valence-electron chi connectivity index (χ4n) is 0.530. The molecule has 0 aliphatic heterocycles. The Morgan fingerprint density at radius 2 is 2.22 bits per heavy atom. The number of aryl methyl sites for hydroxylation is 1. The van der Waals surface area contributed by atoms with Crippen molar-refractivity contribution in [1.82, 2.24) is 14.3 Å². The second-order valence-electron chi connectivity index (χ2n) is 2.29. The zero-order valence-corrected chi connectivity index (χ0v) is 6.76. The minimum Gasteiger partial charge on any atom is -0.232 e. The lowest BCUT2D eigenvalue weighted by Crippen LogP contribution is -1.92. The van der Waals surface area contributed by atoms with Crippen LogP contribution in [0.4, 0.5) is 0 Å². The highest BCUT2D eigenvalue weighted by Crippen LogP contribution is 2.10. The molecule has 0 saturated heterocycles. The van der Waals surface area contributed by atoms with Crippen LogP contribution < -0.4 is 0 Å². The molecule has 4 heteroatoms. The minimum atomic E-state index is 0.461. The first-order valence-corrected chi connectivity index (χ1v) is 3.74. The first-order chi connectivity index (χ1) is 4.20. The van der Waals surface area contributed by atoms with Crippen molar-refractivity contribution < 1.29 is 0 Å². The van der Waals surface area contributed by atoms with Gasteiger partial charge in [0.2, 0.25) is 0 Å². The number of aromatic nitrogens is 3. The lowest BCUT2D eigenvalue weighted by Gasteiger charge is -1.92. The quantitative estimate of drug-likeness (QED) is 0.596. The summed E-state index contributed by atoms with van der Waals surface area (Å²) in [4.78, 5) is 0. The van der Waals surface area contributed by atoms with Crippen molar-refractivity contribution in [3.05, 3.63) is 5.82 Å². The smallest absolute Gasteiger partial charge is 0.158 e. The van der Waals surface area contributed by atoms with E-state index in [0.717, 1.165) is 14.3 Å². The molecule has 0 aliphatic rings. The Morgan fingerprint density at radius 3 is 2.44 bits per heavy atom. The second-order valence-corrected chi connectivity index (χ2v) is 3.25. The summed E-state index contributed by atoms with van der Waals surface area (Å²) in [6, 6.07) is 0. The summed E-state index contributed by atoms with van der Waals surface area (Å²) in [5.74, 6) is 1.42. The average Bonchev–Trinajstić information content (AvgIpc) is 2.14. The molecule has 0 saturated carbocycles. The molecule has 0 fully saturated rings. The van der Waals surface area contributed by atoms with Crippen LogP contribution in [0.15, 0.2) is 0 Å². The molecule has 1 heterocycles. The van der Waals surface area contributed by atoms with Gasteiger partial charge in [0.25, 0.3) is 0 Å². The van der Waals surface area contributed by atoms with Gasteiger partial charge in [0, 0.05) is 13.0 Å². The molecule has 50 valence electrons. The Labute approximate surface area is 56.3 Å². The molecule has 1 rings (SSSR count). The van der Waals surface area contributed by atoms with E-state index in [0.29, 0.717) is 5.92 Å². The SMILES string of the molecule is CC(C)c1npn(C)n1.